The predicted octanol–water partition coefficient (Wildman–Crippen LogP) is 4.10. The number of piperazine rings is 1. The second-order valence-electron chi connectivity index (χ2n) is 10.7. The Hall–Kier alpha value is -3.38. The molecule has 1 aliphatic carbocycles. The molecule has 3 aliphatic heterocycles. The van der Waals surface area contributed by atoms with E-state index in [1.54, 1.807) is 4.90 Å². The van der Waals surface area contributed by atoms with Crippen LogP contribution < -0.4 is 20.4 Å². The molecule has 2 bridgehead atoms. The number of nitrogens with zero attached hydrogens (tertiary/aromatic N) is 2. The Morgan fingerprint density at radius 3 is 2.57 bits per heavy atom. The number of amides is 2. The van der Waals surface area contributed by atoms with Gasteiger partial charge in [-0.3, -0.25) is 9.59 Å². The molecule has 0 aromatic heterocycles. The molecule has 3 aromatic carbocycles. The standard InChI is InChI=1S/C29H30N4O2/c1-17-6-7-18(33-19-8-9-20(33)16-30-15-19)14-23(17)27(34)31-29(12-13-29)24-10-11-25-26-21(24)4-3-5-22(26)28(35)32(25)2/h3-7,10-11,14,19-20,30H,8-9,12-13,15-16H2,1-2H3,(H,31,34). The molecule has 3 fully saturated rings. The molecule has 178 valence electrons. The third-order valence-electron chi connectivity index (χ3n) is 8.68. The number of benzene rings is 3. The number of fused-ring (bicyclic) bond motifs is 2. The summed E-state index contributed by atoms with van der Waals surface area (Å²) in [5, 5.41) is 9.03. The second-order valence-corrected chi connectivity index (χ2v) is 10.7. The van der Waals surface area contributed by atoms with Crippen LogP contribution in [0.1, 0.15) is 57.5 Å². The molecular formula is C29H30N4O2. The van der Waals surface area contributed by atoms with Gasteiger partial charge in [0, 0.05) is 54.4 Å². The summed E-state index contributed by atoms with van der Waals surface area (Å²) in [6, 6.07) is 17.5. The van der Waals surface area contributed by atoms with Gasteiger partial charge in [0.05, 0.1) is 11.2 Å². The zero-order valence-corrected chi connectivity index (χ0v) is 20.2. The van der Waals surface area contributed by atoms with E-state index in [1.807, 2.05) is 32.2 Å². The van der Waals surface area contributed by atoms with Gasteiger partial charge in [0.2, 0.25) is 0 Å². The summed E-state index contributed by atoms with van der Waals surface area (Å²) >= 11 is 0. The molecule has 2 saturated heterocycles. The molecule has 6 nitrogen and oxygen atoms in total. The molecule has 1 saturated carbocycles. The molecule has 2 atom stereocenters. The summed E-state index contributed by atoms with van der Waals surface area (Å²) in [4.78, 5) is 30.6. The van der Waals surface area contributed by atoms with Crippen LogP contribution in [-0.2, 0) is 5.54 Å². The van der Waals surface area contributed by atoms with E-state index in [1.165, 1.54) is 12.8 Å². The van der Waals surface area contributed by atoms with E-state index in [4.69, 9.17) is 0 Å². The van der Waals surface area contributed by atoms with Crippen molar-refractivity contribution in [1.82, 2.24) is 10.6 Å². The highest BCUT2D eigenvalue weighted by atomic mass is 16.2. The lowest BCUT2D eigenvalue weighted by molar-refractivity contribution is 0.0929. The van der Waals surface area contributed by atoms with E-state index in [-0.39, 0.29) is 17.4 Å². The smallest absolute Gasteiger partial charge is 0.258 e. The lowest BCUT2D eigenvalue weighted by Crippen LogP contribution is -2.52. The lowest BCUT2D eigenvalue weighted by Gasteiger charge is -2.37. The predicted molar refractivity (Wildman–Crippen MR) is 138 cm³/mol. The Morgan fingerprint density at radius 2 is 1.83 bits per heavy atom. The van der Waals surface area contributed by atoms with Crippen molar-refractivity contribution >= 4 is 34.0 Å². The number of aryl methyl sites for hydroxylation is 1. The zero-order valence-electron chi connectivity index (χ0n) is 20.2. The molecule has 7 rings (SSSR count). The Morgan fingerprint density at radius 1 is 1.06 bits per heavy atom. The number of carbonyl (C=O) groups excluding carboxylic acids is 2. The molecule has 35 heavy (non-hydrogen) atoms. The van der Waals surface area contributed by atoms with Crippen molar-refractivity contribution in [2.45, 2.75) is 50.2 Å². The van der Waals surface area contributed by atoms with E-state index in [0.29, 0.717) is 12.1 Å². The van der Waals surface area contributed by atoms with Crippen molar-refractivity contribution in [2.75, 3.05) is 29.9 Å². The fourth-order valence-electron chi connectivity index (χ4n) is 6.64. The number of hydrogen-bond donors (Lipinski definition) is 2. The van der Waals surface area contributed by atoms with E-state index >= 15 is 0 Å². The van der Waals surface area contributed by atoms with Gasteiger partial charge in [-0.2, -0.15) is 0 Å². The van der Waals surface area contributed by atoms with Gasteiger partial charge in [0.15, 0.2) is 0 Å². The molecule has 6 heteroatoms. The first-order valence-corrected chi connectivity index (χ1v) is 12.7. The van der Waals surface area contributed by atoms with Gasteiger partial charge in [-0.05, 0) is 73.4 Å². The quantitative estimate of drug-likeness (QED) is 0.608. The monoisotopic (exact) mass is 466 g/mol. The van der Waals surface area contributed by atoms with Gasteiger partial charge < -0.3 is 20.4 Å². The number of rotatable bonds is 4. The van der Waals surface area contributed by atoms with E-state index in [9.17, 15) is 9.59 Å². The van der Waals surface area contributed by atoms with Gasteiger partial charge in [-0.1, -0.05) is 24.3 Å². The van der Waals surface area contributed by atoms with Crippen molar-refractivity contribution in [1.29, 1.82) is 0 Å². The van der Waals surface area contributed by atoms with Crippen LogP contribution in [0.2, 0.25) is 0 Å². The maximum Gasteiger partial charge on any atom is 0.258 e. The molecule has 2 N–H and O–H groups in total. The summed E-state index contributed by atoms with van der Waals surface area (Å²) in [6.07, 6.45) is 4.22. The SMILES string of the molecule is Cc1ccc(N2C3CCC2CNC3)cc1C(=O)NC1(c2ccc3c4c(cccc24)C(=O)N3C)CC1. The third kappa shape index (κ3) is 2.99. The van der Waals surface area contributed by atoms with Crippen molar-refractivity contribution in [3.05, 3.63) is 70.8 Å². The first kappa shape index (κ1) is 20.9. The van der Waals surface area contributed by atoms with Crippen LogP contribution >= 0.6 is 0 Å². The first-order valence-electron chi connectivity index (χ1n) is 12.7. The molecule has 4 aliphatic rings. The van der Waals surface area contributed by atoms with Crippen molar-refractivity contribution in [3.63, 3.8) is 0 Å². The minimum Gasteiger partial charge on any atom is -0.363 e. The number of anilines is 2. The molecular weight excluding hydrogens is 436 g/mol. The van der Waals surface area contributed by atoms with E-state index < -0.39 is 0 Å². The van der Waals surface area contributed by atoms with Gasteiger partial charge in [-0.25, -0.2) is 0 Å². The number of carbonyl (C=O) groups is 2. The average molecular weight is 467 g/mol. The maximum absolute atomic E-state index is 13.7. The van der Waals surface area contributed by atoms with Gasteiger partial charge in [-0.15, -0.1) is 0 Å². The lowest BCUT2D eigenvalue weighted by atomic mass is 9.94. The highest BCUT2D eigenvalue weighted by molar-refractivity contribution is 6.25. The van der Waals surface area contributed by atoms with Gasteiger partial charge in [0.25, 0.3) is 11.8 Å². The Balaban J connectivity index is 1.23. The zero-order chi connectivity index (χ0) is 23.9. The fourth-order valence-corrected chi connectivity index (χ4v) is 6.64. The van der Waals surface area contributed by atoms with Crippen molar-refractivity contribution in [3.8, 4) is 0 Å². The summed E-state index contributed by atoms with van der Waals surface area (Å²) < 4.78 is 0. The highest BCUT2D eigenvalue weighted by Crippen LogP contribution is 2.50. The van der Waals surface area contributed by atoms with Crippen LogP contribution in [0.3, 0.4) is 0 Å². The topological polar surface area (TPSA) is 64.7 Å². The average Bonchev–Trinajstić information content (AvgIpc) is 3.55. The van der Waals surface area contributed by atoms with Gasteiger partial charge in [0.1, 0.15) is 0 Å². The Bertz CT molecular complexity index is 1390. The van der Waals surface area contributed by atoms with Crippen LogP contribution in [0.25, 0.3) is 10.8 Å². The number of nitrogens with one attached hydrogen (secondary N) is 2. The number of hydrogen-bond acceptors (Lipinski definition) is 4. The van der Waals surface area contributed by atoms with Crippen LogP contribution in [0.4, 0.5) is 11.4 Å². The molecule has 3 heterocycles. The fraction of sp³-hybridized carbons (Fsp3) is 0.379. The van der Waals surface area contributed by atoms with Crippen LogP contribution in [0, 0.1) is 6.92 Å². The Labute approximate surface area is 205 Å². The normalized spacial score (nSPS) is 23.8. The van der Waals surface area contributed by atoms with Crippen LogP contribution in [0.15, 0.2) is 48.5 Å². The molecule has 0 spiro atoms. The second kappa shape index (κ2) is 7.31. The summed E-state index contributed by atoms with van der Waals surface area (Å²) in [5.74, 6) is 0.0201. The molecule has 2 unspecified atom stereocenters. The summed E-state index contributed by atoms with van der Waals surface area (Å²) in [7, 11) is 1.83. The molecule has 2 amide bonds. The summed E-state index contributed by atoms with van der Waals surface area (Å²) in [6.45, 7) is 4.04. The van der Waals surface area contributed by atoms with Crippen LogP contribution in [0.5, 0.6) is 0 Å². The maximum atomic E-state index is 13.7. The highest BCUT2D eigenvalue weighted by Gasteiger charge is 2.47. The largest absolute Gasteiger partial charge is 0.363 e. The minimum absolute atomic E-state index is 0.0132. The van der Waals surface area contributed by atoms with Crippen molar-refractivity contribution in [2.24, 2.45) is 0 Å². The third-order valence-corrected chi connectivity index (χ3v) is 8.68. The van der Waals surface area contributed by atoms with Gasteiger partial charge >= 0.3 is 0 Å². The minimum atomic E-state index is -0.380. The van der Waals surface area contributed by atoms with E-state index in [2.05, 4.69) is 45.9 Å². The molecule has 0 radical (unpaired) electrons. The summed E-state index contributed by atoms with van der Waals surface area (Å²) in [5.41, 5.74) is 5.34. The molecule has 3 aromatic rings. The first-order chi connectivity index (χ1) is 17.0. The van der Waals surface area contributed by atoms with Crippen molar-refractivity contribution < 1.29 is 9.59 Å². The van der Waals surface area contributed by atoms with Crippen LogP contribution in [-0.4, -0.2) is 44.0 Å². The van der Waals surface area contributed by atoms with E-state index in [0.717, 1.165) is 70.3 Å². The Kier molecular flexibility index (Phi) is 4.38.